The third-order valence-electron chi connectivity index (χ3n) is 7.41. The molecule has 0 aliphatic carbocycles. The predicted molar refractivity (Wildman–Crippen MR) is 146 cm³/mol. The molecule has 3 aromatic carbocycles. The number of amides is 2. The summed E-state index contributed by atoms with van der Waals surface area (Å²) >= 11 is 0. The van der Waals surface area contributed by atoms with Crippen LogP contribution in [-0.2, 0) is 0 Å². The van der Waals surface area contributed by atoms with E-state index in [2.05, 4.69) is 19.9 Å². The molecule has 4 nitrogen and oxygen atoms in total. The van der Waals surface area contributed by atoms with Crippen LogP contribution < -0.4 is 0 Å². The van der Waals surface area contributed by atoms with Gasteiger partial charge >= 0.3 is 0 Å². The Labute approximate surface area is 214 Å². The summed E-state index contributed by atoms with van der Waals surface area (Å²) in [6.07, 6.45) is 10.8. The fourth-order valence-corrected chi connectivity index (χ4v) is 5.44. The molecule has 3 aromatic rings. The number of benzene rings is 3. The molecule has 2 amide bonds. The van der Waals surface area contributed by atoms with E-state index in [4.69, 9.17) is 5.26 Å². The second kappa shape index (κ2) is 12.0. The Kier molecular flexibility index (Phi) is 8.54. The number of rotatable bonds is 12. The van der Waals surface area contributed by atoms with Crippen LogP contribution in [0.1, 0.15) is 104 Å². The molecule has 1 aliphatic rings. The number of nitriles is 1. The maximum atomic E-state index is 13.8. The van der Waals surface area contributed by atoms with Gasteiger partial charge in [0.1, 0.15) is 0 Å². The molecule has 0 saturated heterocycles. The zero-order valence-corrected chi connectivity index (χ0v) is 21.6. The lowest BCUT2D eigenvalue weighted by Crippen LogP contribution is -2.47. The number of carbonyl (C=O) groups is 2. The Morgan fingerprint density at radius 2 is 1.31 bits per heavy atom. The zero-order chi connectivity index (χ0) is 25.5. The minimum Gasteiger partial charge on any atom is -0.271 e. The van der Waals surface area contributed by atoms with Crippen LogP contribution in [0, 0.1) is 11.3 Å². The SMILES string of the molecule is CCCCCCC(CCCCCC)N1C(=O)c2cccc3c(-c4ccc(C#N)cc4)ccc(c23)C1=O. The molecule has 0 N–H and O–H groups in total. The quantitative estimate of drug-likeness (QED) is 0.193. The Balaban J connectivity index is 1.70. The van der Waals surface area contributed by atoms with Crippen LogP contribution in [0.4, 0.5) is 0 Å². The second-order valence-corrected chi connectivity index (χ2v) is 9.91. The van der Waals surface area contributed by atoms with Crippen molar-refractivity contribution < 1.29 is 9.59 Å². The first-order valence-corrected chi connectivity index (χ1v) is 13.5. The summed E-state index contributed by atoms with van der Waals surface area (Å²) in [5, 5.41) is 10.8. The first-order chi connectivity index (χ1) is 17.6. The first kappa shape index (κ1) is 25.6. The standard InChI is InChI=1S/C32H36N2O2/c1-3-5-7-9-12-25(13-10-8-6-4-2)34-31(35)28-15-11-14-27-26(20-21-29(30(27)28)32(34)36)24-18-16-23(22-33)17-19-24/h11,14-21,25H,3-10,12-13H2,1-2H3. The van der Waals surface area contributed by atoms with Gasteiger partial charge in [0.25, 0.3) is 11.8 Å². The topological polar surface area (TPSA) is 61.2 Å². The molecule has 4 rings (SSSR count). The molecular weight excluding hydrogens is 444 g/mol. The molecule has 0 saturated carbocycles. The van der Waals surface area contributed by atoms with Crippen LogP contribution in [0.2, 0.25) is 0 Å². The van der Waals surface area contributed by atoms with E-state index in [-0.39, 0.29) is 17.9 Å². The van der Waals surface area contributed by atoms with Crippen molar-refractivity contribution in [2.24, 2.45) is 0 Å². The molecule has 4 heteroatoms. The highest BCUT2D eigenvalue weighted by molar-refractivity contribution is 6.27. The van der Waals surface area contributed by atoms with Crippen LogP contribution in [0.5, 0.6) is 0 Å². The number of carbonyl (C=O) groups excluding carboxylic acids is 2. The molecule has 0 atom stereocenters. The largest absolute Gasteiger partial charge is 0.271 e. The van der Waals surface area contributed by atoms with E-state index in [0.717, 1.165) is 60.4 Å². The van der Waals surface area contributed by atoms with E-state index in [1.165, 1.54) is 25.7 Å². The molecule has 0 unspecified atom stereocenters. The van der Waals surface area contributed by atoms with Gasteiger partial charge in [0.2, 0.25) is 0 Å². The molecule has 1 aliphatic heterocycles. The van der Waals surface area contributed by atoms with Gasteiger partial charge in [-0.3, -0.25) is 14.5 Å². The van der Waals surface area contributed by atoms with Crippen LogP contribution in [0.15, 0.2) is 54.6 Å². The summed E-state index contributed by atoms with van der Waals surface area (Å²) < 4.78 is 0. The predicted octanol–water partition coefficient (Wildman–Crippen LogP) is 8.28. The van der Waals surface area contributed by atoms with Crippen molar-refractivity contribution in [3.8, 4) is 17.2 Å². The van der Waals surface area contributed by atoms with Gasteiger partial charge in [0.15, 0.2) is 0 Å². The fraction of sp³-hybridized carbons (Fsp3) is 0.406. The average Bonchev–Trinajstić information content (AvgIpc) is 2.91. The van der Waals surface area contributed by atoms with Gasteiger partial charge in [-0.15, -0.1) is 0 Å². The average molecular weight is 481 g/mol. The summed E-state index contributed by atoms with van der Waals surface area (Å²) in [6.45, 7) is 4.40. The van der Waals surface area contributed by atoms with Crippen molar-refractivity contribution >= 4 is 22.6 Å². The number of unbranched alkanes of at least 4 members (excludes halogenated alkanes) is 6. The van der Waals surface area contributed by atoms with Crippen LogP contribution in [0.3, 0.4) is 0 Å². The van der Waals surface area contributed by atoms with Crippen LogP contribution in [-0.4, -0.2) is 22.8 Å². The normalized spacial score (nSPS) is 13.0. The highest BCUT2D eigenvalue weighted by Gasteiger charge is 2.37. The van der Waals surface area contributed by atoms with Crippen LogP contribution in [0.25, 0.3) is 21.9 Å². The summed E-state index contributed by atoms with van der Waals surface area (Å²) in [4.78, 5) is 29.2. The van der Waals surface area contributed by atoms with Crippen molar-refractivity contribution in [2.75, 3.05) is 0 Å². The summed E-state index contributed by atoms with van der Waals surface area (Å²) in [5.74, 6) is -0.322. The molecule has 0 bridgehead atoms. The summed E-state index contributed by atoms with van der Waals surface area (Å²) in [5.41, 5.74) is 3.76. The second-order valence-electron chi connectivity index (χ2n) is 9.91. The Morgan fingerprint density at radius 3 is 1.89 bits per heavy atom. The third-order valence-corrected chi connectivity index (χ3v) is 7.41. The number of hydrogen-bond acceptors (Lipinski definition) is 3. The Morgan fingerprint density at radius 1 is 0.722 bits per heavy atom. The molecular formula is C32H36N2O2. The Bertz CT molecular complexity index is 1240. The lowest BCUT2D eigenvalue weighted by Gasteiger charge is -2.34. The first-order valence-electron chi connectivity index (χ1n) is 13.5. The highest BCUT2D eigenvalue weighted by Crippen LogP contribution is 2.38. The van der Waals surface area contributed by atoms with E-state index in [9.17, 15) is 9.59 Å². The van der Waals surface area contributed by atoms with Gasteiger partial charge in [-0.1, -0.05) is 95.5 Å². The summed E-state index contributed by atoms with van der Waals surface area (Å²) in [6, 6.07) is 19.2. The van der Waals surface area contributed by atoms with Crippen molar-refractivity contribution in [2.45, 2.75) is 84.1 Å². The van der Waals surface area contributed by atoms with E-state index >= 15 is 0 Å². The molecule has 1 heterocycles. The molecule has 0 fully saturated rings. The monoisotopic (exact) mass is 480 g/mol. The van der Waals surface area contributed by atoms with Crippen molar-refractivity contribution in [3.05, 3.63) is 71.3 Å². The molecule has 0 spiro atoms. The number of imide groups is 1. The minimum atomic E-state index is -0.161. The zero-order valence-electron chi connectivity index (χ0n) is 21.6. The number of hydrogen-bond donors (Lipinski definition) is 0. The summed E-state index contributed by atoms with van der Waals surface area (Å²) in [7, 11) is 0. The van der Waals surface area contributed by atoms with Crippen molar-refractivity contribution in [1.29, 1.82) is 5.26 Å². The third kappa shape index (κ3) is 5.21. The van der Waals surface area contributed by atoms with E-state index < -0.39 is 0 Å². The van der Waals surface area contributed by atoms with Gasteiger partial charge in [-0.2, -0.15) is 5.26 Å². The van der Waals surface area contributed by atoms with Gasteiger partial charge in [0, 0.05) is 22.6 Å². The van der Waals surface area contributed by atoms with Crippen molar-refractivity contribution in [1.82, 2.24) is 4.90 Å². The van der Waals surface area contributed by atoms with Gasteiger partial charge < -0.3 is 0 Å². The maximum absolute atomic E-state index is 13.8. The lowest BCUT2D eigenvalue weighted by atomic mass is 9.87. The van der Waals surface area contributed by atoms with Gasteiger partial charge in [-0.05, 0) is 53.6 Å². The number of nitrogens with zero attached hydrogens (tertiary/aromatic N) is 2. The molecule has 186 valence electrons. The van der Waals surface area contributed by atoms with E-state index in [0.29, 0.717) is 16.7 Å². The van der Waals surface area contributed by atoms with Crippen molar-refractivity contribution in [3.63, 3.8) is 0 Å². The van der Waals surface area contributed by atoms with Gasteiger partial charge in [-0.25, -0.2) is 0 Å². The lowest BCUT2D eigenvalue weighted by molar-refractivity contribution is 0.0517. The van der Waals surface area contributed by atoms with Crippen LogP contribution >= 0.6 is 0 Å². The smallest absolute Gasteiger partial charge is 0.261 e. The van der Waals surface area contributed by atoms with E-state index in [1.54, 1.807) is 17.0 Å². The molecule has 0 radical (unpaired) electrons. The molecule has 0 aromatic heterocycles. The van der Waals surface area contributed by atoms with E-state index in [1.807, 2.05) is 42.5 Å². The minimum absolute atomic E-state index is 0.0553. The molecule has 36 heavy (non-hydrogen) atoms. The maximum Gasteiger partial charge on any atom is 0.261 e. The Hall–Kier alpha value is -3.45. The highest BCUT2D eigenvalue weighted by atomic mass is 16.2. The fourth-order valence-electron chi connectivity index (χ4n) is 5.44. The van der Waals surface area contributed by atoms with Gasteiger partial charge in [0.05, 0.1) is 11.6 Å².